The highest BCUT2D eigenvalue weighted by atomic mass is 16.1. The van der Waals surface area contributed by atoms with Crippen LogP contribution in [-0.2, 0) is 4.79 Å². The average Bonchev–Trinajstić information content (AvgIpc) is 2.14. The van der Waals surface area contributed by atoms with Crippen LogP contribution < -0.4 is 16.4 Å². The number of hydrogen-bond acceptors (Lipinski definition) is 3. The van der Waals surface area contributed by atoms with Crippen molar-refractivity contribution in [1.29, 1.82) is 0 Å². The first-order valence-electron chi connectivity index (χ1n) is 5.65. The SMILES string of the molecule is CNCC(N)CC(C)C(=O)NCC(C)C. The Morgan fingerprint density at radius 1 is 1.27 bits per heavy atom. The van der Waals surface area contributed by atoms with E-state index in [9.17, 15) is 4.79 Å². The monoisotopic (exact) mass is 215 g/mol. The second kappa shape index (κ2) is 7.65. The molecule has 0 rings (SSSR count). The molecule has 15 heavy (non-hydrogen) atoms. The first-order valence-corrected chi connectivity index (χ1v) is 5.65. The maximum atomic E-state index is 11.6. The molecule has 0 aliphatic carbocycles. The van der Waals surface area contributed by atoms with Crippen LogP contribution in [0.1, 0.15) is 27.2 Å². The number of carbonyl (C=O) groups excluding carboxylic acids is 1. The molecule has 1 amide bonds. The Bertz CT molecular complexity index is 183. The van der Waals surface area contributed by atoms with Crippen LogP contribution >= 0.6 is 0 Å². The minimum atomic E-state index is -0.00731. The Balaban J connectivity index is 3.78. The Labute approximate surface area is 93.0 Å². The van der Waals surface area contributed by atoms with E-state index in [0.29, 0.717) is 5.92 Å². The first kappa shape index (κ1) is 14.4. The topological polar surface area (TPSA) is 67.1 Å². The lowest BCUT2D eigenvalue weighted by Gasteiger charge is -2.17. The van der Waals surface area contributed by atoms with Gasteiger partial charge in [-0.3, -0.25) is 4.79 Å². The van der Waals surface area contributed by atoms with E-state index in [1.165, 1.54) is 0 Å². The van der Waals surface area contributed by atoms with Gasteiger partial charge >= 0.3 is 0 Å². The fraction of sp³-hybridized carbons (Fsp3) is 0.909. The van der Waals surface area contributed by atoms with E-state index in [-0.39, 0.29) is 17.9 Å². The van der Waals surface area contributed by atoms with E-state index >= 15 is 0 Å². The zero-order valence-corrected chi connectivity index (χ0v) is 10.3. The quantitative estimate of drug-likeness (QED) is 0.573. The maximum Gasteiger partial charge on any atom is 0.222 e. The van der Waals surface area contributed by atoms with Gasteiger partial charge in [0.15, 0.2) is 0 Å². The smallest absolute Gasteiger partial charge is 0.222 e. The Morgan fingerprint density at radius 2 is 1.87 bits per heavy atom. The minimum Gasteiger partial charge on any atom is -0.356 e. The van der Waals surface area contributed by atoms with Gasteiger partial charge in [0, 0.05) is 25.0 Å². The highest BCUT2D eigenvalue weighted by Gasteiger charge is 2.15. The molecule has 0 radical (unpaired) electrons. The van der Waals surface area contributed by atoms with Crippen molar-refractivity contribution in [1.82, 2.24) is 10.6 Å². The Morgan fingerprint density at radius 3 is 2.33 bits per heavy atom. The van der Waals surface area contributed by atoms with Crippen molar-refractivity contribution in [3.05, 3.63) is 0 Å². The molecule has 0 aromatic heterocycles. The third-order valence-electron chi connectivity index (χ3n) is 2.25. The largest absolute Gasteiger partial charge is 0.356 e. The summed E-state index contributed by atoms with van der Waals surface area (Å²) in [6.45, 7) is 7.58. The summed E-state index contributed by atoms with van der Waals surface area (Å²) in [5, 5.41) is 5.92. The van der Waals surface area contributed by atoms with E-state index in [4.69, 9.17) is 5.73 Å². The van der Waals surface area contributed by atoms with Crippen molar-refractivity contribution in [2.24, 2.45) is 17.6 Å². The highest BCUT2D eigenvalue weighted by Crippen LogP contribution is 2.04. The van der Waals surface area contributed by atoms with Crippen molar-refractivity contribution in [2.75, 3.05) is 20.1 Å². The second-order valence-corrected chi connectivity index (χ2v) is 4.59. The van der Waals surface area contributed by atoms with Gasteiger partial charge in [-0.15, -0.1) is 0 Å². The number of rotatable bonds is 7. The predicted molar refractivity (Wildman–Crippen MR) is 63.5 cm³/mol. The van der Waals surface area contributed by atoms with Crippen LogP contribution in [0.4, 0.5) is 0 Å². The zero-order chi connectivity index (χ0) is 11.8. The zero-order valence-electron chi connectivity index (χ0n) is 10.3. The standard InChI is InChI=1S/C11H25N3O/c1-8(2)6-14-11(15)9(3)5-10(12)7-13-4/h8-10,13H,5-7,12H2,1-4H3,(H,14,15). The van der Waals surface area contributed by atoms with Crippen LogP contribution in [0.2, 0.25) is 0 Å². The van der Waals surface area contributed by atoms with Gasteiger partial charge in [-0.05, 0) is 19.4 Å². The van der Waals surface area contributed by atoms with Gasteiger partial charge in [0.1, 0.15) is 0 Å². The molecule has 2 atom stereocenters. The van der Waals surface area contributed by atoms with Crippen molar-refractivity contribution >= 4 is 5.91 Å². The van der Waals surface area contributed by atoms with Crippen LogP contribution in [0, 0.1) is 11.8 Å². The molecule has 0 saturated heterocycles. The summed E-state index contributed by atoms with van der Waals surface area (Å²) in [5.74, 6) is 0.592. The molecule has 0 bridgehead atoms. The molecule has 0 heterocycles. The van der Waals surface area contributed by atoms with Crippen LogP contribution in [0.25, 0.3) is 0 Å². The van der Waals surface area contributed by atoms with E-state index in [1.807, 2.05) is 14.0 Å². The Hall–Kier alpha value is -0.610. The second-order valence-electron chi connectivity index (χ2n) is 4.59. The molecular weight excluding hydrogens is 190 g/mol. The van der Waals surface area contributed by atoms with E-state index < -0.39 is 0 Å². The summed E-state index contributed by atoms with van der Waals surface area (Å²) in [5.41, 5.74) is 5.84. The number of nitrogens with two attached hydrogens (primary N) is 1. The fourth-order valence-corrected chi connectivity index (χ4v) is 1.39. The third kappa shape index (κ3) is 7.33. The first-order chi connectivity index (χ1) is 6.97. The molecule has 0 spiro atoms. The van der Waals surface area contributed by atoms with Gasteiger partial charge in [-0.2, -0.15) is 0 Å². The van der Waals surface area contributed by atoms with Crippen molar-refractivity contribution in [2.45, 2.75) is 33.2 Å². The summed E-state index contributed by atoms with van der Waals surface area (Å²) in [7, 11) is 1.86. The number of amides is 1. The highest BCUT2D eigenvalue weighted by molar-refractivity contribution is 5.78. The lowest BCUT2D eigenvalue weighted by atomic mass is 10.0. The van der Waals surface area contributed by atoms with Gasteiger partial charge in [-0.25, -0.2) is 0 Å². The van der Waals surface area contributed by atoms with E-state index in [0.717, 1.165) is 19.5 Å². The van der Waals surface area contributed by atoms with Gasteiger partial charge in [0.05, 0.1) is 0 Å². The van der Waals surface area contributed by atoms with Crippen molar-refractivity contribution < 1.29 is 4.79 Å². The molecule has 4 N–H and O–H groups in total. The van der Waals surface area contributed by atoms with Crippen LogP contribution in [-0.4, -0.2) is 32.1 Å². The van der Waals surface area contributed by atoms with Crippen molar-refractivity contribution in [3.63, 3.8) is 0 Å². The van der Waals surface area contributed by atoms with Crippen LogP contribution in [0.15, 0.2) is 0 Å². The van der Waals surface area contributed by atoms with Gasteiger partial charge in [-0.1, -0.05) is 20.8 Å². The summed E-state index contributed by atoms with van der Waals surface area (Å²) >= 11 is 0. The fourth-order valence-electron chi connectivity index (χ4n) is 1.39. The lowest BCUT2D eigenvalue weighted by molar-refractivity contribution is -0.124. The van der Waals surface area contributed by atoms with Crippen LogP contribution in [0.3, 0.4) is 0 Å². The number of hydrogen-bond donors (Lipinski definition) is 3. The normalized spacial score (nSPS) is 15.1. The minimum absolute atomic E-state index is 0.00731. The summed E-state index contributed by atoms with van der Waals surface area (Å²) in [6, 6.07) is 0.0507. The molecule has 90 valence electrons. The van der Waals surface area contributed by atoms with Crippen molar-refractivity contribution in [3.8, 4) is 0 Å². The number of likely N-dealkylation sites (N-methyl/N-ethyl adjacent to an activating group) is 1. The maximum absolute atomic E-state index is 11.6. The molecule has 0 fully saturated rings. The van der Waals surface area contributed by atoms with Gasteiger partial charge in [0.25, 0.3) is 0 Å². The summed E-state index contributed by atoms with van der Waals surface area (Å²) in [6.07, 6.45) is 0.727. The molecule has 4 heteroatoms. The molecule has 0 aliphatic heterocycles. The molecule has 0 saturated carbocycles. The molecule has 2 unspecified atom stereocenters. The number of nitrogens with one attached hydrogen (secondary N) is 2. The van der Waals surface area contributed by atoms with E-state index in [1.54, 1.807) is 0 Å². The number of carbonyl (C=O) groups is 1. The molecule has 0 aromatic carbocycles. The van der Waals surface area contributed by atoms with Crippen LogP contribution in [0.5, 0.6) is 0 Å². The van der Waals surface area contributed by atoms with Gasteiger partial charge in [0.2, 0.25) is 5.91 Å². The molecular formula is C11H25N3O. The summed E-state index contributed by atoms with van der Waals surface area (Å²) in [4.78, 5) is 11.6. The lowest BCUT2D eigenvalue weighted by Crippen LogP contribution is -2.38. The molecule has 4 nitrogen and oxygen atoms in total. The Kier molecular flexibility index (Phi) is 7.34. The van der Waals surface area contributed by atoms with Gasteiger partial charge < -0.3 is 16.4 Å². The molecule has 0 aromatic rings. The third-order valence-corrected chi connectivity index (χ3v) is 2.25. The summed E-state index contributed by atoms with van der Waals surface area (Å²) < 4.78 is 0. The average molecular weight is 215 g/mol. The molecule has 0 aliphatic rings. The predicted octanol–water partition coefficient (Wildman–Crippen LogP) is 0.332. The van der Waals surface area contributed by atoms with E-state index in [2.05, 4.69) is 24.5 Å².